The van der Waals surface area contributed by atoms with Crippen molar-refractivity contribution in [1.29, 1.82) is 0 Å². The Hall–Kier alpha value is -3.85. The third kappa shape index (κ3) is 5.15. The smallest absolute Gasteiger partial charge is 0.299 e. The van der Waals surface area contributed by atoms with Crippen molar-refractivity contribution in [3.63, 3.8) is 0 Å². The molecule has 3 aromatic rings. The van der Waals surface area contributed by atoms with E-state index in [1.165, 1.54) is 7.11 Å². The van der Waals surface area contributed by atoms with Gasteiger partial charge in [0.2, 0.25) is 5.91 Å². The fourth-order valence-electron chi connectivity index (χ4n) is 2.68. The summed E-state index contributed by atoms with van der Waals surface area (Å²) in [6.07, 6.45) is 1.56. The van der Waals surface area contributed by atoms with Crippen molar-refractivity contribution < 1.29 is 23.5 Å². The number of benzene rings is 2. The molecule has 9 heteroatoms. The maximum atomic E-state index is 12.3. The first-order valence-electron chi connectivity index (χ1n) is 9.09. The summed E-state index contributed by atoms with van der Waals surface area (Å²) in [5.41, 5.74) is 7.39. The molecule has 1 aromatic heterocycles. The van der Waals surface area contributed by atoms with E-state index in [0.29, 0.717) is 41.5 Å². The maximum absolute atomic E-state index is 12.3. The molecule has 0 bridgehead atoms. The minimum Gasteiger partial charge on any atom is -0.497 e. The highest BCUT2D eigenvalue weighted by Crippen LogP contribution is 2.27. The SMILES string of the molecule is COCCNC(=O)c1cc(Nc2ncc(-c3ccc(C(N)=O)cc3)o2)cc(OC)c1. The van der Waals surface area contributed by atoms with Crippen molar-refractivity contribution in [2.45, 2.75) is 0 Å². The number of hydrogen-bond acceptors (Lipinski definition) is 7. The summed E-state index contributed by atoms with van der Waals surface area (Å²) >= 11 is 0. The van der Waals surface area contributed by atoms with Crippen molar-refractivity contribution in [2.24, 2.45) is 5.73 Å². The summed E-state index contributed by atoms with van der Waals surface area (Å²) in [5, 5.41) is 5.79. The third-order valence-corrected chi connectivity index (χ3v) is 4.21. The fraction of sp³-hybridized carbons (Fsp3) is 0.190. The molecule has 3 rings (SSSR count). The molecular weight excluding hydrogens is 388 g/mol. The minimum absolute atomic E-state index is 0.239. The molecule has 0 spiro atoms. The van der Waals surface area contributed by atoms with Crippen LogP contribution in [0.5, 0.6) is 5.75 Å². The summed E-state index contributed by atoms with van der Waals surface area (Å²) in [4.78, 5) is 27.7. The second-order valence-corrected chi connectivity index (χ2v) is 6.30. The molecule has 156 valence electrons. The molecule has 0 atom stereocenters. The zero-order chi connectivity index (χ0) is 21.5. The topological polar surface area (TPSA) is 129 Å². The van der Waals surface area contributed by atoms with Crippen LogP contribution in [0, 0.1) is 0 Å². The van der Waals surface area contributed by atoms with Crippen LogP contribution in [-0.2, 0) is 4.74 Å². The number of aromatic nitrogens is 1. The highest BCUT2D eigenvalue weighted by molar-refractivity contribution is 5.96. The van der Waals surface area contributed by atoms with Crippen LogP contribution in [0.3, 0.4) is 0 Å². The number of amides is 2. The summed E-state index contributed by atoms with van der Waals surface area (Å²) < 4.78 is 15.9. The van der Waals surface area contributed by atoms with Gasteiger partial charge in [0.15, 0.2) is 5.76 Å². The van der Waals surface area contributed by atoms with E-state index < -0.39 is 5.91 Å². The Morgan fingerprint density at radius 3 is 2.53 bits per heavy atom. The van der Waals surface area contributed by atoms with E-state index in [0.717, 1.165) is 5.56 Å². The Labute approximate surface area is 173 Å². The number of nitrogens with two attached hydrogens (primary N) is 1. The van der Waals surface area contributed by atoms with E-state index in [-0.39, 0.29) is 11.9 Å². The third-order valence-electron chi connectivity index (χ3n) is 4.21. The number of carbonyl (C=O) groups is 2. The molecule has 1 heterocycles. The van der Waals surface area contributed by atoms with E-state index in [4.69, 9.17) is 19.6 Å². The van der Waals surface area contributed by atoms with Crippen LogP contribution in [0.15, 0.2) is 53.1 Å². The lowest BCUT2D eigenvalue weighted by Gasteiger charge is -2.10. The number of methoxy groups -OCH3 is 2. The second-order valence-electron chi connectivity index (χ2n) is 6.30. The predicted molar refractivity (Wildman–Crippen MR) is 111 cm³/mol. The number of ether oxygens (including phenoxy) is 2. The van der Waals surface area contributed by atoms with Gasteiger partial charge in [-0.15, -0.1) is 0 Å². The van der Waals surface area contributed by atoms with Crippen molar-refractivity contribution in [1.82, 2.24) is 10.3 Å². The Bertz CT molecular complexity index is 1030. The largest absolute Gasteiger partial charge is 0.497 e. The van der Waals surface area contributed by atoms with Gasteiger partial charge < -0.3 is 30.3 Å². The Morgan fingerprint density at radius 2 is 1.87 bits per heavy atom. The van der Waals surface area contributed by atoms with Gasteiger partial charge >= 0.3 is 0 Å². The molecule has 30 heavy (non-hydrogen) atoms. The van der Waals surface area contributed by atoms with Crippen LogP contribution in [-0.4, -0.2) is 44.2 Å². The predicted octanol–water partition coefficient (Wildman–Crippen LogP) is 2.57. The van der Waals surface area contributed by atoms with E-state index in [1.54, 1.807) is 55.8 Å². The number of rotatable bonds is 9. The van der Waals surface area contributed by atoms with Gasteiger partial charge in [0, 0.05) is 42.1 Å². The molecule has 0 unspecified atom stereocenters. The zero-order valence-electron chi connectivity index (χ0n) is 16.6. The van der Waals surface area contributed by atoms with E-state index >= 15 is 0 Å². The first-order valence-corrected chi connectivity index (χ1v) is 9.09. The van der Waals surface area contributed by atoms with E-state index in [2.05, 4.69) is 15.6 Å². The number of primary amides is 1. The monoisotopic (exact) mass is 410 g/mol. The molecule has 9 nitrogen and oxygen atoms in total. The highest BCUT2D eigenvalue weighted by Gasteiger charge is 2.12. The molecule has 0 aliphatic heterocycles. The molecule has 2 amide bonds. The molecule has 4 N–H and O–H groups in total. The van der Waals surface area contributed by atoms with Crippen LogP contribution in [0.2, 0.25) is 0 Å². The Kier molecular flexibility index (Phi) is 6.66. The van der Waals surface area contributed by atoms with Gasteiger partial charge in [-0.05, 0) is 24.3 Å². The van der Waals surface area contributed by atoms with Gasteiger partial charge in [0.25, 0.3) is 11.9 Å². The lowest BCUT2D eigenvalue weighted by Crippen LogP contribution is -2.27. The van der Waals surface area contributed by atoms with Crippen molar-refractivity contribution >= 4 is 23.5 Å². The van der Waals surface area contributed by atoms with Crippen LogP contribution >= 0.6 is 0 Å². The molecule has 0 radical (unpaired) electrons. The molecule has 0 saturated carbocycles. The van der Waals surface area contributed by atoms with Crippen LogP contribution in [0.25, 0.3) is 11.3 Å². The molecule has 0 aliphatic rings. The summed E-state index contributed by atoms with van der Waals surface area (Å²) in [5.74, 6) is 0.262. The van der Waals surface area contributed by atoms with Gasteiger partial charge in [-0.3, -0.25) is 9.59 Å². The van der Waals surface area contributed by atoms with Crippen molar-refractivity contribution in [3.05, 3.63) is 59.8 Å². The average Bonchev–Trinajstić information content (AvgIpc) is 3.22. The lowest BCUT2D eigenvalue weighted by atomic mass is 10.1. The van der Waals surface area contributed by atoms with Gasteiger partial charge in [0.05, 0.1) is 19.9 Å². The molecule has 2 aromatic carbocycles. The summed E-state index contributed by atoms with van der Waals surface area (Å²) in [6, 6.07) is 11.9. The first kappa shape index (κ1) is 20.9. The number of nitrogens with zero attached hydrogens (tertiary/aromatic N) is 1. The van der Waals surface area contributed by atoms with Crippen molar-refractivity contribution in [3.8, 4) is 17.1 Å². The molecular formula is C21H22N4O5. The summed E-state index contributed by atoms with van der Waals surface area (Å²) in [6.45, 7) is 0.813. The Balaban J connectivity index is 1.76. The lowest BCUT2D eigenvalue weighted by molar-refractivity contribution is 0.0936. The first-order chi connectivity index (χ1) is 14.5. The van der Waals surface area contributed by atoms with E-state index in [1.807, 2.05) is 0 Å². The van der Waals surface area contributed by atoms with Crippen LogP contribution in [0.1, 0.15) is 20.7 Å². The fourth-order valence-corrected chi connectivity index (χ4v) is 2.68. The number of oxazole rings is 1. The van der Waals surface area contributed by atoms with Gasteiger partial charge in [0.1, 0.15) is 5.75 Å². The summed E-state index contributed by atoms with van der Waals surface area (Å²) in [7, 11) is 3.08. The second kappa shape index (κ2) is 9.57. The van der Waals surface area contributed by atoms with E-state index in [9.17, 15) is 9.59 Å². The molecule has 0 fully saturated rings. The number of anilines is 2. The van der Waals surface area contributed by atoms with Gasteiger partial charge in [-0.2, -0.15) is 0 Å². The zero-order valence-corrected chi connectivity index (χ0v) is 16.6. The number of carbonyl (C=O) groups excluding carboxylic acids is 2. The quantitative estimate of drug-likeness (QED) is 0.462. The van der Waals surface area contributed by atoms with Gasteiger partial charge in [-0.25, -0.2) is 4.98 Å². The molecule has 0 saturated heterocycles. The standard InChI is InChI=1S/C21H22N4O5/c1-28-8-7-23-20(27)15-9-16(11-17(10-15)29-2)25-21-24-12-18(30-21)13-3-5-14(6-4-13)19(22)26/h3-6,9-12H,7-8H2,1-2H3,(H2,22,26)(H,23,27)(H,24,25). The van der Waals surface area contributed by atoms with Crippen LogP contribution < -0.4 is 21.1 Å². The van der Waals surface area contributed by atoms with Crippen LogP contribution in [0.4, 0.5) is 11.7 Å². The normalized spacial score (nSPS) is 10.5. The highest BCUT2D eigenvalue weighted by atomic mass is 16.5. The van der Waals surface area contributed by atoms with Gasteiger partial charge in [-0.1, -0.05) is 12.1 Å². The minimum atomic E-state index is -0.499. The molecule has 0 aliphatic carbocycles. The number of nitrogens with one attached hydrogen (secondary N) is 2. The number of hydrogen-bond donors (Lipinski definition) is 3. The Morgan fingerprint density at radius 1 is 1.10 bits per heavy atom. The maximum Gasteiger partial charge on any atom is 0.299 e. The average molecular weight is 410 g/mol. The van der Waals surface area contributed by atoms with Crippen molar-refractivity contribution in [2.75, 3.05) is 32.7 Å².